The average molecular weight is 425 g/mol. The first kappa shape index (κ1) is 22.1. The summed E-state index contributed by atoms with van der Waals surface area (Å²) in [5, 5.41) is 26.1. The quantitative estimate of drug-likeness (QED) is 0.290. The fraction of sp³-hybridized carbons (Fsp3) is 0.0800. The van der Waals surface area contributed by atoms with Crippen LogP contribution in [0.5, 0.6) is 5.75 Å². The first-order chi connectivity index (χ1) is 15.3. The van der Waals surface area contributed by atoms with Crippen molar-refractivity contribution in [2.45, 2.75) is 13.5 Å². The van der Waals surface area contributed by atoms with Crippen LogP contribution in [-0.4, -0.2) is 21.8 Å². The summed E-state index contributed by atoms with van der Waals surface area (Å²) in [6, 6.07) is 19.8. The monoisotopic (exact) mass is 425 g/mol. The zero-order chi connectivity index (χ0) is 23.3. The van der Waals surface area contributed by atoms with Gasteiger partial charge in [0.25, 0.3) is 0 Å². The molecule has 0 fully saturated rings. The van der Waals surface area contributed by atoms with E-state index in [1.165, 1.54) is 30.0 Å². The normalized spacial score (nSPS) is 10.1. The summed E-state index contributed by atoms with van der Waals surface area (Å²) < 4.78 is 2.17. The molecule has 1 amide bonds. The second-order valence-electron chi connectivity index (χ2n) is 7.28. The predicted octanol–water partition coefficient (Wildman–Crippen LogP) is 3.94. The lowest BCUT2D eigenvalue weighted by Gasteiger charge is -2.10. The second-order valence-corrected chi connectivity index (χ2v) is 7.28. The average Bonchev–Trinajstić information content (AvgIpc) is 3.20. The third-order valence-corrected chi connectivity index (χ3v) is 5.04. The summed E-state index contributed by atoms with van der Waals surface area (Å²) in [5.74, 6) is -0.769. The molecule has 7 nitrogen and oxygen atoms in total. The minimum absolute atomic E-state index is 0.0475. The molecule has 4 aromatic rings. The molecule has 0 atom stereocenters. The van der Waals surface area contributed by atoms with Crippen LogP contribution in [0.3, 0.4) is 0 Å². The number of phenolic OH excluding ortho intramolecular Hbond substituents is 1. The molecule has 160 valence electrons. The lowest BCUT2D eigenvalue weighted by atomic mass is 10.1. The Morgan fingerprint density at radius 3 is 2.66 bits per heavy atom. The van der Waals surface area contributed by atoms with Crippen LogP contribution < -0.4 is 11.5 Å². The number of anilines is 1. The van der Waals surface area contributed by atoms with E-state index in [9.17, 15) is 4.79 Å². The molecule has 3 aromatic carbocycles. The number of hydrogen-bond acceptors (Lipinski definition) is 5. The number of hydrogen-bond donors (Lipinski definition) is 4. The minimum atomic E-state index is -0.619. The molecule has 0 aliphatic carbocycles. The number of aryl methyl sites for hydroxylation is 1. The van der Waals surface area contributed by atoms with Gasteiger partial charge < -0.3 is 26.6 Å². The van der Waals surface area contributed by atoms with Gasteiger partial charge in [-0.3, -0.25) is 4.79 Å². The molecule has 0 unspecified atom stereocenters. The Kier molecular flexibility index (Phi) is 6.56. The van der Waals surface area contributed by atoms with Gasteiger partial charge in [-0.2, -0.15) is 5.26 Å². The van der Waals surface area contributed by atoms with Crippen LogP contribution in [0, 0.1) is 23.7 Å². The number of primary amides is 1. The van der Waals surface area contributed by atoms with Crippen molar-refractivity contribution in [2.24, 2.45) is 5.73 Å². The Hall–Kier alpha value is -4.57. The molecule has 32 heavy (non-hydrogen) atoms. The number of fused-ring (bicyclic) bond motifs is 1. The minimum Gasteiger partial charge on any atom is -0.507 e. The van der Waals surface area contributed by atoms with Gasteiger partial charge in [-0.05, 0) is 48.9 Å². The summed E-state index contributed by atoms with van der Waals surface area (Å²) in [5.41, 5.74) is 16.5. The Bertz CT molecular complexity index is 1350. The van der Waals surface area contributed by atoms with Gasteiger partial charge in [0.1, 0.15) is 11.8 Å². The van der Waals surface area contributed by atoms with Gasteiger partial charge in [0, 0.05) is 46.7 Å². The number of phenols is 1. The van der Waals surface area contributed by atoms with Crippen LogP contribution in [0.25, 0.3) is 10.9 Å². The van der Waals surface area contributed by atoms with Crippen molar-refractivity contribution >= 4 is 28.7 Å². The van der Waals surface area contributed by atoms with Crippen LogP contribution in [0.15, 0.2) is 66.9 Å². The number of carbonyl (C=O) groups excluding carboxylic acids is 1. The number of benzene rings is 3. The first-order valence-corrected chi connectivity index (χ1v) is 9.80. The van der Waals surface area contributed by atoms with E-state index < -0.39 is 5.91 Å². The fourth-order valence-electron chi connectivity index (χ4n) is 3.34. The zero-order valence-electron chi connectivity index (χ0n) is 17.5. The van der Waals surface area contributed by atoms with E-state index in [1.807, 2.05) is 24.3 Å². The van der Waals surface area contributed by atoms with E-state index in [2.05, 4.69) is 35.9 Å². The van der Waals surface area contributed by atoms with E-state index in [1.54, 1.807) is 6.07 Å². The van der Waals surface area contributed by atoms with Gasteiger partial charge in [0.15, 0.2) is 0 Å². The van der Waals surface area contributed by atoms with Crippen molar-refractivity contribution in [3.05, 3.63) is 94.7 Å². The topological polar surface area (TPSA) is 142 Å². The molecule has 1 aromatic heterocycles. The van der Waals surface area contributed by atoms with Crippen LogP contribution in [0.4, 0.5) is 5.69 Å². The van der Waals surface area contributed by atoms with E-state index in [0.29, 0.717) is 0 Å². The van der Waals surface area contributed by atoms with Crippen molar-refractivity contribution in [1.29, 1.82) is 10.7 Å². The maximum Gasteiger partial charge on any atom is 0.248 e. The molecule has 0 saturated heterocycles. The maximum atomic E-state index is 10.6. The summed E-state index contributed by atoms with van der Waals surface area (Å²) in [6.07, 6.45) is 3.45. The zero-order valence-corrected chi connectivity index (χ0v) is 17.5. The highest BCUT2D eigenvalue weighted by Gasteiger charge is 2.07. The molecule has 0 aliphatic rings. The number of nitrogen functional groups attached to an aromatic ring is 1. The highest BCUT2D eigenvalue weighted by molar-refractivity contribution is 5.98. The smallest absolute Gasteiger partial charge is 0.248 e. The van der Waals surface area contributed by atoms with Gasteiger partial charge in [-0.25, -0.2) is 0 Å². The molecule has 0 aliphatic heterocycles. The lowest BCUT2D eigenvalue weighted by Crippen LogP contribution is -2.10. The number of carbonyl (C=O) groups is 1. The lowest BCUT2D eigenvalue weighted by molar-refractivity contribution is 0.1000. The maximum absolute atomic E-state index is 10.6. The van der Waals surface area contributed by atoms with Crippen molar-refractivity contribution in [1.82, 2.24) is 4.57 Å². The third-order valence-electron chi connectivity index (χ3n) is 5.04. The number of rotatable bonds is 4. The molecule has 0 saturated carbocycles. The predicted molar refractivity (Wildman–Crippen MR) is 126 cm³/mol. The van der Waals surface area contributed by atoms with Gasteiger partial charge >= 0.3 is 0 Å². The number of aromatic hydroxyl groups is 1. The van der Waals surface area contributed by atoms with E-state index in [4.69, 9.17) is 27.2 Å². The van der Waals surface area contributed by atoms with Crippen LogP contribution in [0.1, 0.15) is 32.6 Å². The molecule has 4 rings (SSSR count). The van der Waals surface area contributed by atoms with Crippen molar-refractivity contribution in [3.63, 3.8) is 0 Å². The molecule has 0 spiro atoms. The standard InChI is InChI=1S/C17H17N3.C8H6N2O2/c1-12-5-6-16(19)14(9-12)11-20-8-7-15-13(10-18)3-2-4-17(15)20;9-4-6-3-5(8(10)12)1-2-7(6)11/h2-10,18H,11,19H2,1H3;1-3,11H,(H2,10,12). The van der Waals surface area contributed by atoms with Crippen molar-refractivity contribution in [3.8, 4) is 11.8 Å². The molecule has 6 N–H and O–H groups in total. The van der Waals surface area contributed by atoms with Crippen molar-refractivity contribution < 1.29 is 9.90 Å². The SMILES string of the molecule is Cc1ccc(N)c(Cn2ccc3c(C=N)cccc32)c1.N#Cc1cc(C(N)=O)ccc1O. The number of aromatic nitrogens is 1. The molecular weight excluding hydrogens is 402 g/mol. The number of nitrogens with one attached hydrogen (secondary N) is 1. The largest absolute Gasteiger partial charge is 0.507 e. The molecule has 0 bridgehead atoms. The van der Waals surface area contributed by atoms with Gasteiger partial charge in [0.05, 0.1) is 5.56 Å². The summed E-state index contributed by atoms with van der Waals surface area (Å²) in [4.78, 5) is 10.6. The number of nitrogens with two attached hydrogens (primary N) is 2. The Balaban J connectivity index is 0.000000207. The van der Waals surface area contributed by atoms with Crippen LogP contribution >= 0.6 is 0 Å². The molecule has 0 radical (unpaired) electrons. The number of amides is 1. The van der Waals surface area contributed by atoms with E-state index >= 15 is 0 Å². The fourth-order valence-corrected chi connectivity index (χ4v) is 3.34. The summed E-state index contributed by atoms with van der Waals surface area (Å²) in [7, 11) is 0. The van der Waals surface area contributed by atoms with E-state index in [-0.39, 0.29) is 16.9 Å². The Morgan fingerprint density at radius 2 is 1.97 bits per heavy atom. The van der Waals surface area contributed by atoms with Gasteiger partial charge in [-0.1, -0.05) is 29.8 Å². The molecular formula is C25H23N5O2. The Labute approximate surface area is 185 Å². The summed E-state index contributed by atoms with van der Waals surface area (Å²) >= 11 is 0. The van der Waals surface area contributed by atoms with E-state index in [0.717, 1.165) is 34.3 Å². The van der Waals surface area contributed by atoms with Gasteiger partial charge in [-0.15, -0.1) is 0 Å². The van der Waals surface area contributed by atoms with Crippen LogP contribution in [-0.2, 0) is 6.54 Å². The highest BCUT2D eigenvalue weighted by atomic mass is 16.3. The summed E-state index contributed by atoms with van der Waals surface area (Å²) in [6.45, 7) is 2.82. The van der Waals surface area contributed by atoms with Gasteiger partial charge in [0.2, 0.25) is 5.91 Å². The number of nitrogens with zero attached hydrogens (tertiary/aromatic N) is 2. The first-order valence-electron chi connectivity index (χ1n) is 9.80. The molecule has 1 heterocycles. The van der Waals surface area contributed by atoms with Crippen LogP contribution in [0.2, 0.25) is 0 Å². The second kappa shape index (κ2) is 9.49. The third kappa shape index (κ3) is 4.77. The molecule has 7 heteroatoms. The Morgan fingerprint density at radius 1 is 1.19 bits per heavy atom. The highest BCUT2D eigenvalue weighted by Crippen LogP contribution is 2.22. The van der Waals surface area contributed by atoms with Crippen molar-refractivity contribution in [2.75, 3.05) is 5.73 Å². The number of nitriles is 1.